The molecule has 2 rings (SSSR count). The molecule has 2 N–H and O–H groups in total. The van der Waals surface area contributed by atoms with Crippen LogP contribution in [-0.2, 0) is 0 Å². The smallest absolute Gasteiger partial charge is 0.268 e. The molecule has 1 saturated carbocycles. The molecule has 1 aromatic rings. The van der Waals surface area contributed by atoms with Crippen molar-refractivity contribution in [2.75, 3.05) is 0 Å². The summed E-state index contributed by atoms with van der Waals surface area (Å²) < 4.78 is 0. The van der Waals surface area contributed by atoms with E-state index in [2.05, 4.69) is 17.2 Å². The van der Waals surface area contributed by atoms with Gasteiger partial charge in [0.1, 0.15) is 5.69 Å². The van der Waals surface area contributed by atoms with Gasteiger partial charge in [-0.3, -0.25) is 9.59 Å². The number of carbonyl (C=O) groups is 1. The number of H-pyrrole nitrogens is 1. The third-order valence-corrected chi connectivity index (χ3v) is 3.73. The standard InChI is InChI=1S/C14H20N2O2/c1-10(11-6-3-2-4-7-11)15-14(18)12-8-5-9-13(17)16-12/h5,8-11H,2-4,6-7H2,1H3,(H,15,18)(H,16,17). The van der Waals surface area contributed by atoms with Gasteiger partial charge < -0.3 is 10.3 Å². The molecule has 1 aromatic heterocycles. The normalized spacial score (nSPS) is 18.3. The molecule has 1 heterocycles. The first-order valence-corrected chi connectivity index (χ1v) is 6.67. The van der Waals surface area contributed by atoms with Crippen molar-refractivity contribution >= 4 is 5.91 Å². The molecule has 18 heavy (non-hydrogen) atoms. The van der Waals surface area contributed by atoms with Crippen molar-refractivity contribution in [2.45, 2.75) is 45.1 Å². The zero-order chi connectivity index (χ0) is 13.0. The predicted molar refractivity (Wildman–Crippen MR) is 70.6 cm³/mol. The summed E-state index contributed by atoms with van der Waals surface area (Å²) in [4.78, 5) is 25.7. The van der Waals surface area contributed by atoms with E-state index in [1.807, 2.05) is 0 Å². The molecule has 4 heteroatoms. The molecule has 0 aromatic carbocycles. The van der Waals surface area contributed by atoms with Gasteiger partial charge in [0.05, 0.1) is 0 Å². The van der Waals surface area contributed by atoms with Gasteiger partial charge in [-0.25, -0.2) is 0 Å². The summed E-state index contributed by atoms with van der Waals surface area (Å²) in [6.45, 7) is 2.05. The maximum Gasteiger partial charge on any atom is 0.268 e. The lowest BCUT2D eigenvalue weighted by atomic mass is 9.84. The van der Waals surface area contributed by atoms with Crippen LogP contribution in [0.3, 0.4) is 0 Å². The Morgan fingerprint density at radius 2 is 2.06 bits per heavy atom. The van der Waals surface area contributed by atoms with E-state index in [9.17, 15) is 9.59 Å². The van der Waals surface area contributed by atoms with Gasteiger partial charge in [-0.05, 0) is 31.7 Å². The van der Waals surface area contributed by atoms with Crippen LogP contribution in [0, 0.1) is 5.92 Å². The zero-order valence-electron chi connectivity index (χ0n) is 10.7. The number of nitrogens with one attached hydrogen (secondary N) is 2. The Labute approximate surface area is 107 Å². The third-order valence-electron chi connectivity index (χ3n) is 3.73. The van der Waals surface area contributed by atoms with E-state index in [1.165, 1.54) is 38.2 Å². The number of amides is 1. The molecule has 4 nitrogen and oxygen atoms in total. The molecular formula is C14H20N2O2. The Morgan fingerprint density at radius 3 is 2.72 bits per heavy atom. The maximum absolute atomic E-state index is 12.0. The summed E-state index contributed by atoms with van der Waals surface area (Å²) in [5.41, 5.74) is 0.0955. The van der Waals surface area contributed by atoms with Crippen LogP contribution >= 0.6 is 0 Å². The molecular weight excluding hydrogens is 228 g/mol. The highest BCUT2D eigenvalue weighted by atomic mass is 16.2. The molecule has 0 bridgehead atoms. The molecule has 0 spiro atoms. The van der Waals surface area contributed by atoms with E-state index in [-0.39, 0.29) is 17.5 Å². The van der Waals surface area contributed by atoms with Gasteiger partial charge >= 0.3 is 0 Å². The third kappa shape index (κ3) is 3.22. The SMILES string of the molecule is CC(NC(=O)c1cccc(=O)[nH]1)C1CCCCC1. The molecule has 1 unspecified atom stereocenters. The van der Waals surface area contributed by atoms with Gasteiger partial charge in [0.2, 0.25) is 5.56 Å². The first-order valence-electron chi connectivity index (χ1n) is 6.67. The Morgan fingerprint density at radius 1 is 1.33 bits per heavy atom. The van der Waals surface area contributed by atoms with Crippen LogP contribution in [0.5, 0.6) is 0 Å². The fraction of sp³-hybridized carbons (Fsp3) is 0.571. The van der Waals surface area contributed by atoms with Crippen molar-refractivity contribution in [2.24, 2.45) is 5.92 Å². The van der Waals surface area contributed by atoms with Crippen LogP contribution in [0.2, 0.25) is 0 Å². The number of hydrogen-bond donors (Lipinski definition) is 2. The summed E-state index contributed by atoms with van der Waals surface area (Å²) in [5, 5.41) is 2.98. The van der Waals surface area contributed by atoms with Crippen molar-refractivity contribution < 1.29 is 4.79 Å². The van der Waals surface area contributed by atoms with Gasteiger partial charge in [-0.2, -0.15) is 0 Å². The van der Waals surface area contributed by atoms with E-state index >= 15 is 0 Å². The van der Waals surface area contributed by atoms with E-state index < -0.39 is 0 Å². The van der Waals surface area contributed by atoms with Crippen LogP contribution in [-0.4, -0.2) is 16.9 Å². The Kier molecular flexibility index (Phi) is 4.18. The summed E-state index contributed by atoms with van der Waals surface area (Å²) in [7, 11) is 0. The minimum atomic E-state index is -0.243. The van der Waals surface area contributed by atoms with Crippen molar-refractivity contribution in [3.63, 3.8) is 0 Å². The summed E-state index contributed by atoms with van der Waals surface area (Å²) in [6, 6.07) is 4.80. The van der Waals surface area contributed by atoms with Crippen LogP contribution in [0.15, 0.2) is 23.0 Å². The lowest BCUT2D eigenvalue weighted by Gasteiger charge is -2.28. The average molecular weight is 248 g/mol. The molecule has 0 saturated heterocycles. The molecule has 1 fully saturated rings. The second kappa shape index (κ2) is 5.85. The molecule has 0 radical (unpaired) electrons. The monoisotopic (exact) mass is 248 g/mol. The maximum atomic E-state index is 12.0. The number of aromatic amines is 1. The summed E-state index contributed by atoms with van der Waals surface area (Å²) in [5.74, 6) is 0.379. The van der Waals surface area contributed by atoms with Gasteiger partial charge in [0, 0.05) is 12.1 Å². The summed E-state index contributed by atoms with van der Waals surface area (Å²) >= 11 is 0. The lowest BCUT2D eigenvalue weighted by Crippen LogP contribution is -2.39. The average Bonchev–Trinajstić information content (AvgIpc) is 2.39. The van der Waals surface area contributed by atoms with Crippen LogP contribution in [0.1, 0.15) is 49.5 Å². The highest BCUT2D eigenvalue weighted by Gasteiger charge is 2.21. The van der Waals surface area contributed by atoms with Gasteiger partial charge in [0.25, 0.3) is 5.91 Å². The first-order chi connectivity index (χ1) is 8.66. The molecule has 1 aliphatic rings. The molecule has 1 aliphatic carbocycles. The number of hydrogen-bond acceptors (Lipinski definition) is 2. The minimum Gasteiger partial charge on any atom is -0.348 e. The molecule has 0 aliphatic heterocycles. The van der Waals surface area contributed by atoms with Gasteiger partial charge in [-0.1, -0.05) is 25.3 Å². The first kappa shape index (κ1) is 12.9. The van der Waals surface area contributed by atoms with E-state index in [0.717, 1.165) is 0 Å². The highest BCUT2D eigenvalue weighted by molar-refractivity contribution is 5.92. The van der Waals surface area contributed by atoms with Crippen LogP contribution < -0.4 is 10.9 Å². The number of rotatable bonds is 3. The predicted octanol–water partition coefficient (Wildman–Crippen LogP) is 2.07. The van der Waals surface area contributed by atoms with Gasteiger partial charge in [0.15, 0.2) is 0 Å². The Balaban J connectivity index is 1.96. The van der Waals surface area contributed by atoms with Crippen molar-refractivity contribution in [1.29, 1.82) is 0 Å². The second-order valence-electron chi connectivity index (χ2n) is 5.09. The van der Waals surface area contributed by atoms with Crippen molar-refractivity contribution in [1.82, 2.24) is 10.3 Å². The van der Waals surface area contributed by atoms with Gasteiger partial charge in [-0.15, -0.1) is 0 Å². The van der Waals surface area contributed by atoms with Crippen molar-refractivity contribution in [3.05, 3.63) is 34.2 Å². The number of aromatic nitrogens is 1. The van der Waals surface area contributed by atoms with E-state index in [1.54, 1.807) is 12.1 Å². The largest absolute Gasteiger partial charge is 0.348 e. The minimum absolute atomic E-state index is 0.168. The lowest BCUT2D eigenvalue weighted by molar-refractivity contribution is 0.0914. The number of pyridine rings is 1. The summed E-state index contributed by atoms with van der Waals surface area (Å²) in [6.07, 6.45) is 6.20. The second-order valence-corrected chi connectivity index (χ2v) is 5.09. The fourth-order valence-electron chi connectivity index (χ4n) is 2.62. The highest BCUT2D eigenvalue weighted by Crippen LogP contribution is 2.26. The van der Waals surface area contributed by atoms with E-state index in [0.29, 0.717) is 11.6 Å². The molecule has 1 amide bonds. The quantitative estimate of drug-likeness (QED) is 0.860. The topological polar surface area (TPSA) is 62.0 Å². The van der Waals surface area contributed by atoms with Crippen LogP contribution in [0.4, 0.5) is 0 Å². The molecule has 1 atom stereocenters. The zero-order valence-corrected chi connectivity index (χ0v) is 10.7. The number of carbonyl (C=O) groups excluding carboxylic acids is 1. The van der Waals surface area contributed by atoms with Crippen molar-refractivity contribution in [3.8, 4) is 0 Å². The Bertz CT molecular complexity index is 461. The van der Waals surface area contributed by atoms with E-state index in [4.69, 9.17) is 0 Å². The van der Waals surface area contributed by atoms with Crippen LogP contribution in [0.25, 0.3) is 0 Å². The Hall–Kier alpha value is -1.58. The fourth-order valence-corrected chi connectivity index (χ4v) is 2.62. The molecule has 98 valence electrons.